The molecule has 1 heterocycles. The third-order valence-electron chi connectivity index (χ3n) is 4.92. The van der Waals surface area contributed by atoms with Crippen LogP contribution in [0.2, 0.25) is 5.02 Å². The highest BCUT2D eigenvalue weighted by molar-refractivity contribution is 9.10. The zero-order valence-corrected chi connectivity index (χ0v) is 17.7. The van der Waals surface area contributed by atoms with Gasteiger partial charge in [-0.05, 0) is 42.0 Å². The highest BCUT2D eigenvalue weighted by Gasteiger charge is 2.43. The Bertz CT molecular complexity index is 1110. The van der Waals surface area contributed by atoms with Gasteiger partial charge in [0.1, 0.15) is 5.76 Å². The maximum Gasteiger partial charge on any atom is 0.210 e. The molecule has 1 atom stereocenters. The van der Waals surface area contributed by atoms with Crippen LogP contribution < -0.4 is 4.90 Å². The van der Waals surface area contributed by atoms with Crippen LogP contribution in [0.3, 0.4) is 0 Å². The van der Waals surface area contributed by atoms with E-state index >= 15 is 0 Å². The second-order valence-corrected chi connectivity index (χ2v) is 8.06. The van der Waals surface area contributed by atoms with Gasteiger partial charge in [0.15, 0.2) is 0 Å². The predicted molar refractivity (Wildman–Crippen MR) is 121 cm³/mol. The minimum Gasteiger partial charge on any atom is -0.507 e. The van der Waals surface area contributed by atoms with Gasteiger partial charge in [0.2, 0.25) is 5.78 Å². The number of rotatable bonds is 3. The Hall–Kier alpha value is -2.82. The Balaban J connectivity index is 1.94. The number of carbonyl (C=O) groups is 1. The SMILES string of the molecule is C=C1C(=O)C(=C(O)c2ccccc2)C(c2ccc(Br)cc2)N1c1ccc(Cl)cc1. The molecule has 3 nitrogen and oxygen atoms in total. The number of halogens is 2. The lowest BCUT2D eigenvalue weighted by atomic mass is 9.95. The molecule has 1 N–H and O–H groups in total. The number of ketones is 1. The average molecular weight is 467 g/mol. The van der Waals surface area contributed by atoms with Crippen LogP contribution >= 0.6 is 27.5 Å². The van der Waals surface area contributed by atoms with Gasteiger partial charge >= 0.3 is 0 Å². The summed E-state index contributed by atoms with van der Waals surface area (Å²) in [6.45, 7) is 4.02. The first-order valence-electron chi connectivity index (χ1n) is 9.00. The van der Waals surface area contributed by atoms with Gasteiger partial charge in [0.25, 0.3) is 0 Å². The number of hydrogen-bond donors (Lipinski definition) is 1. The molecule has 3 aromatic rings. The van der Waals surface area contributed by atoms with Crippen LogP contribution in [0, 0.1) is 0 Å². The molecule has 0 radical (unpaired) electrons. The molecule has 1 aliphatic heterocycles. The molecule has 1 aliphatic rings. The fraction of sp³-hybridized carbons (Fsp3) is 0.0417. The summed E-state index contributed by atoms with van der Waals surface area (Å²) in [5, 5.41) is 11.7. The van der Waals surface area contributed by atoms with Crippen LogP contribution in [0.4, 0.5) is 5.69 Å². The number of anilines is 1. The first-order valence-corrected chi connectivity index (χ1v) is 10.2. The van der Waals surface area contributed by atoms with Gasteiger partial charge in [0.05, 0.1) is 17.3 Å². The van der Waals surface area contributed by atoms with Crippen molar-refractivity contribution in [2.45, 2.75) is 6.04 Å². The van der Waals surface area contributed by atoms with Gasteiger partial charge in [-0.3, -0.25) is 4.79 Å². The molecule has 5 heteroatoms. The van der Waals surface area contributed by atoms with Gasteiger partial charge < -0.3 is 10.0 Å². The van der Waals surface area contributed by atoms with E-state index in [2.05, 4.69) is 22.5 Å². The topological polar surface area (TPSA) is 40.5 Å². The number of hydrogen-bond acceptors (Lipinski definition) is 3. The minimum absolute atomic E-state index is 0.0406. The number of Topliss-reactive ketones (excluding diaryl/α,β-unsaturated/α-hetero) is 1. The lowest BCUT2D eigenvalue weighted by Gasteiger charge is -2.27. The molecule has 29 heavy (non-hydrogen) atoms. The molecule has 144 valence electrons. The summed E-state index contributed by atoms with van der Waals surface area (Å²) in [5.41, 5.74) is 2.84. The zero-order valence-electron chi connectivity index (χ0n) is 15.3. The molecule has 0 aliphatic carbocycles. The van der Waals surface area contributed by atoms with Crippen LogP contribution in [0.15, 0.2) is 101 Å². The first-order chi connectivity index (χ1) is 14.0. The third kappa shape index (κ3) is 3.61. The van der Waals surface area contributed by atoms with Crippen molar-refractivity contribution in [2.24, 2.45) is 0 Å². The second kappa shape index (κ2) is 7.90. The van der Waals surface area contributed by atoms with E-state index in [1.807, 2.05) is 59.5 Å². The molecule has 0 saturated carbocycles. The van der Waals surface area contributed by atoms with Crippen molar-refractivity contribution in [1.82, 2.24) is 0 Å². The largest absolute Gasteiger partial charge is 0.507 e. The number of aliphatic hydroxyl groups excluding tert-OH is 1. The predicted octanol–water partition coefficient (Wildman–Crippen LogP) is 6.72. The summed E-state index contributed by atoms with van der Waals surface area (Å²) in [4.78, 5) is 15.1. The molecule has 0 amide bonds. The Morgan fingerprint density at radius 1 is 0.966 bits per heavy atom. The Morgan fingerprint density at radius 2 is 1.59 bits per heavy atom. The molecular formula is C24H17BrClNO2. The van der Waals surface area contributed by atoms with Crippen molar-refractivity contribution in [2.75, 3.05) is 4.90 Å². The van der Waals surface area contributed by atoms with Crippen molar-refractivity contribution < 1.29 is 9.90 Å². The average Bonchev–Trinajstić information content (AvgIpc) is 3.00. The molecule has 0 spiro atoms. The van der Waals surface area contributed by atoms with Gasteiger partial charge in [-0.1, -0.05) is 76.6 Å². The van der Waals surface area contributed by atoms with E-state index in [-0.39, 0.29) is 11.5 Å². The highest BCUT2D eigenvalue weighted by atomic mass is 79.9. The summed E-state index contributed by atoms with van der Waals surface area (Å²) >= 11 is 9.50. The Labute approximate surface area is 182 Å². The second-order valence-electron chi connectivity index (χ2n) is 6.70. The quantitative estimate of drug-likeness (QED) is 0.344. The summed E-state index contributed by atoms with van der Waals surface area (Å²) < 4.78 is 0.931. The molecule has 1 unspecified atom stereocenters. The number of benzene rings is 3. The van der Waals surface area contributed by atoms with Crippen LogP contribution in [0.25, 0.3) is 5.76 Å². The number of aliphatic hydroxyl groups is 1. The van der Waals surface area contributed by atoms with Crippen molar-refractivity contribution in [3.05, 3.63) is 117 Å². The van der Waals surface area contributed by atoms with E-state index in [1.54, 1.807) is 24.3 Å². The molecule has 0 bridgehead atoms. The minimum atomic E-state index is -0.510. The fourth-order valence-corrected chi connectivity index (χ4v) is 3.92. The van der Waals surface area contributed by atoms with Gasteiger partial charge in [-0.2, -0.15) is 0 Å². The normalized spacial score (nSPS) is 18.3. The standard InChI is InChI=1S/C24H17BrClNO2/c1-15-23(28)21(24(29)17-5-3-2-4-6-17)22(16-7-9-18(25)10-8-16)27(15)20-13-11-19(26)12-14-20/h2-14,22,29H,1H2. The Kier molecular flexibility index (Phi) is 5.31. The van der Waals surface area contributed by atoms with Gasteiger partial charge in [-0.15, -0.1) is 0 Å². The maximum absolute atomic E-state index is 13.2. The smallest absolute Gasteiger partial charge is 0.210 e. The molecule has 0 aromatic heterocycles. The van der Waals surface area contributed by atoms with Crippen molar-refractivity contribution in [3.63, 3.8) is 0 Å². The lowest BCUT2D eigenvalue weighted by molar-refractivity contribution is -0.111. The molecule has 3 aromatic carbocycles. The molecule has 4 rings (SSSR count). The molecular weight excluding hydrogens is 450 g/mol. The first kappa shape index (κ1) is 19.5. The van der Waals surface area contributed by atoms with Crippen LogP contribution in [0.1, 0.15) is 17.2 Å². The van der Waals surface area contributed by atoms with Crippen molar-refractivity contribution in [3.8, 4) is 0 Å². The van der Waals surface area contributed by atoms with Crippen LogP contribution in [0.5, 0.6) is 0 Å². The lowest BCUT2D eigenvalue weighted by Crippen LogP contribution is -2.22. The van der Waals surface area contributed by atoms with Crippen molar-refractivity contribution in [1.29, 1.82) is 0 Å². The summed E-state index contributed by atoms with van der Waals surface area (Å²) in [6.07, 6.45) is 0. The van der Waals surface area contributed by atoms with E-state index in [4.69, 9.17) is 11.6 Å². The third-order valence-corrected chi connectivity index (χ3v) is 5.70. The van der Waals surface area contributed by atoms with Crippen molar-refractivity contribution >= 4 is 44.8 Å². The summed E-state index contributed by atoms with van der Waals surface area (Å²) in [6, 6.07) is 23.5. The van der Waals surface area contributed by atoms with Crippen LogP contribution in [-0.4, -0.2) is 10.9 Å². The van der Waals surface area contributed by atoms with Gasteiger partial charge in [0, 0.05) is 20.7 Å². The summed E-state index contributed by atoms with van der Waals surface area (Å²) in [5.74, 6) is -0.324. The highest BCUT2D eigenvalue weighted by Crippen LogP contribution is 2.45. The zero-order chi connectivity index (χ0) is 20.5. The van der Waals surface area contributed by atoms with E-state index < -0.39 is 6.04 Å². The van der Waals surface area contributed by atoms with E-state index in [9.17, 15) is 9.90 Å². The number of nitrogens with zero attached hydrogens (tertiary/aromatic N) is 1. The van der Waals surface area contributed by atoms with Crippen LogP contribution in [-0.2, 0) is 4.79 Å². The van der Waals surface area contributed by atoms with E-state index in [0.717, 1.165) is 15.7 Å². The fourth-order valence-electron chi connectivity index (χ4n) is 3.53. The monoisotopic (exact) mass is 465 g/mol. The van der Waals surface area contributed by atoms with Gasteiger partial charge in [-0.25, -0.2) is 0 Å². The molecule has 1 fully saturated rings. The molecule has 1 saturated heterocycles. The number of allylic oxidation sites excluding steroid dienone is 1. The maximum atomic E-state index is 13.2. The number of carbonyl (C=O) groups excluding carboxylic acids is 1. The van der Waals surface area contributed by atoms with E-state index in [0.29, 0.717) is 21.9 Å². The van der Waals surface area contributed by atoms with E-state index in [1.165, 1.54) is 0 Å². The summed E-state index contributed by atoms with van der Waals surface area (Å²) in [7, 11) is 0. The Morgan fingerprint density at radius 3 is 2.21 bits per heavy atom.